The van der Waals surface area contributed by atoms with Crippen molar-refractivity contribution in [3.05, 3.63) is 54.1 Å². The first-order valence-corrected chi connectivity index (χ1v) is 11.0. The molecule has 3 aromatic heterocycles. The zero-order valence-electron chi connectivity index (χ0n) is 17.8. The van der Waals surface area contributed by atoms with E-state index in [-0.39, 0.29) is 11.9 Å². The van der Waals surface area contributed by atoms with Crippen molar-refractivity contribution in [2.24, 2.45) is 0 Å². The molecule has 1 saturated carbocycles. The van der Waals surface area contributed by atoms with Crippen LogP contribution in [-0.4, -0.2) is 39.0 Å². The molecule has 1 N–H and O–H groups in total. The molecule has 0 atom stereocenters. The summed E-state index contributed by atoms with van der Waals surface area (Å²) >= 11 is 0. The first-order valence-electron chi connectivity index (χ1n) is 11.0. The molecule has 0 spiro atoms. The summed E-state index contributed by atoms with van der Waals surface area (Å²) in [6.45, 7) is 5.05. The minimum atomic E-state index is -0.0527. The lowest BCUT2D eigenvalue weighted by molar-refractivity contribution is 0.0209. The molecule has 3 heterocycles. The molecule has 6 nitrogen and oxygen atoms in total. The van der Waals surface area contributed by atoms with E-state index in [4.69, 9.17) is 9.72 Å². The number of carbonyl (C=O) groups excluding carboxylic acids is 1. The maximum atomic E-state index is 13.0. The number of unbranched alkanes of at least 4 members (excludes halogenated alkanes) is 1. The predicted molar refractivity (Wildman–Crippen MR) is 118 cm³/mol. The van der Waals surface area contributed by atoms with E-state index in [1.54, 1.807) is 12.4 Å². The van der Waals surface area contributed by atoms with E-state index in [2.05, 4.69) is 17.2 Å². The normalized spacial score (nSPS) is 19.1. The van der Waals surface area contributed by atoms with Crippen molar-refractivity contribution in [3.8, 4) is 11.3 Å². The van der Waals surface area contributed by atoms with Crippen molar-refractivity contribution in [1.82, 2.24) is 19.7 Å². The Balaban J connectivity index is 1.46. The average Bonchev–Trinajstić information content (AvgIpc) is 3.21. The van der Waals surface area contributed by atoms with Gasteiger partial charge >= 0.3 is 0 Å². The summed E-state index contributed by atoms with van der Waals surface area (Å²) < 4.78 is 7.91. The molecule has 0 aromatic carbocycles. The molecule has 1 aliphatic rings. The smallest absolute Gasteiger partial charge is 0.255 e. The molecular formula is C24H30N4O2. The predicted octanol–water partition coefficient (Wildman–Crippen LogP) is 4.56. The summed E-state index contributed by atoms with van der Waals surface area (Å²) in [6, 6.07) is 7.95. The lowest BCUT2D eigenvalue weighted by Gasteiger charge is -2.29. The van der Waals surface area contributed by atoms with Crippen LogP contribution in [0.15, 0.2) is 42.9 Å². The average molecular weight is 407 g/mol. The highest BCUT2D eigenvalue weighted by molar-refractivity contribution is 6.00. The van der Waals surface area contributed by atoms with Gasteiger partial charge in [-0.15, -0.1) is 0 Å². The SMILES string of the molecule is CCCCO[C@H]1CC[C@H](NC(=O)c2ccn3c(C)cc(-c4cccnc4)nc23)CC1. The molecule has 1 aliphatic carbocycles. The van der Waals surface area contributed by atoms with Crippen LogP contribution in [0.5, 0.6) is 0 Å². The fourth-order valence-corrected chi connectivity index (χ4v) is 4.11. The van der Waals surface area contributed by atoms with Gasteiger partial charge in [-0.2, -0.15) is 0 Å². The van der Waals surface area contributed by atoms with Crippen molar-refractivity contribution >= 4 is 11.6 Å². The van der Waals surface area contributed by atoms with E-state index in [0.29, 0.717) is 17.3 Å². The Morgan fingerprint density at radius 3 is 2.83 bits per heavy atom. The zero-order valence-corrected chi connectivity index (χ0v) is 17.8. The number of fused-ring (bicyclic) bond motifs is 1. The van der Waals surface area contributed by atoms with Crippen LogP contribution in [0.1, 0.15) is 61.5 Å². The highest BCUT2D eigenvalue weighted by Crippen LogP contribution is 2.24. The number of hydrogen-bond donors (Lipinski definition) is 1. The Morgan fingerprint density at radius 1 is 1.27 bits per heavy atom. The van der Waals surface area contributed by atoms with Crippen LogP contribution in [-0.2, 0) is 4.74 Å². The molecule has 0 bridgehead atoms. The minimum absolute atomic E-state index is 0.0527. The Morgan fingerprint density at radius 2 is 2.10 bits per heavy atom. The summed E-state index contributed by atoms with van der Waals surface area (Å²) in [7, 11) is 0. The number of ether oxygens (including phenoxy) is 1. The van der Waals surface area contributed by atoms with Crippen molar-refractivity contribution in [1.29, 1.82) is 0 Å². The van der Waals surface area contributed by atoms with E-state index in [9.17, 15) is 4.79 Å². The monoisotopic (exact) mass is 406 g/mol. The van der Waals surface area contributed by atoms with Gasteiger partial charge in [0.1, 0.15) is 5.65 Å². The third kappa shape index (κ3) is 4.54. The molecule has 0 radical (unpaired) electrons. The number of amides is 1. The maximum Gasteiger partial charge on any atom is 0.255 e. The molecule has 0 unspecified atom stereocenters. The van der Waals surface area contributed by atoms with Gasteiger partial charge in [-0.3, -0.25) is 9.78 Å². The fourth-order valence-electron chi connectivity index (χ4n) is 4.11. The molecule has 158 valence electrons. The number of rotatable bonds is 7. The molecule has 0 aliphatic heterocycles. The Bertz CT molecular complexity index is 991. The van der Waals surface area contributed by atoms with Crippen LogP contribution in [0.25, 0.3) is 16.9 Å². The van der Waals surface area contributed by atoms with E-state index in [0.717, 1.165) is 62.1 Å². The van der Waals surface area contributed by atoms with Gasteiger partial charge in [0.15, 0.2) is 0 Å². The van der Waals surface area contributed by atoms with Crippen molar-refractivity contribution < 1.29 is 9.53 Å². The van der Waals surface area contributed by atoms with Crippen LogP contribution < -0.4 is 5.32 Å². The molecule has 30 heavy (non-hydrogen) atoms. The molecule has 1 fully saturated rings. The number of pyridine rings is 1. The lowest BCUT2D eigenvalue weighted by atomic mass is 9.92. The van der Waals surface area contributed by atoms with Crippen molar-refractivity contribution in [2.75, 3.05) is 6.61 Å². The van der Waals surface area contributed by atoms with Crippen LogP contribution in [0, 0.1) is 6.92 Å². The van der Waals surface area contributed by atoms with Crippen LogP contribution in [0.3, 0.4) is 0 Å². The fraction of sp³-hybridized carbons (Fsp3) is 0.458. The van der Waals surface area contributed by atoms with Crippen LogP contribution >= 0.6 is 0 Å². The highest BCUT2D eigenvalue weighted by atomic mass is 16.5. The number of nitrogens with one attached hydrogen (secondary N) is 1. The van der Waals surface area contributed by atoms with Crippen molar-refractivity contribution in [2.45, 2.75) is 64.5 Å². The Kier molecular flexibility index (Phi) is 6.43. The van der Waals surface area contributed by atoms with Gasteiger partial charge in [-0.25, -0.2) is 4.98 Å². The van der Waals surface area contributed by atoms with E-state index >= 15 is 0 Å². The number of aryl methyl sites for hydroxylation is 1. The highest BCUT2D eigenvalue weighted by Gasteiger charge is 2.24. The zero-order chi connectivity index (χ0) is 20.9. The Labute approximate surface area is 177 Å². The number of nitrogens with zero attached hydrogens (tertiary/aromatic N) is 3. The third-order valence-electron chi connectivity index (χ3n) is 5.87. The second-order valence-electron chi connectivity index (χ2n) is 8.12. The molecular weight excluding hydrogens is 376 g/mol. The van der Waals surface area contributed by atoms with Gasteiger partial charge in [-0.1, -0.05) is 13.3 Å². The van der Waals surface area contributed by atoms with E-state index < -0.39 is 0 Å². The Hall–Kier alpha value is -2.73. The quantitative estimate of drug-likeness (QED) is 0.584. The van der Waals surface area contributed by atoms with Gasteiger partial charge in [0.2, 0.25) is 0 Å². The topological polar surface area (TPSA) is 68.5 Å². The second kappa shape index (κ2) is 9.39. The first-order chi connectivity index (χ1) is 14.7. The van der Waals surface area contributed by atoms with Gasteiger partial charge in [0.05, 0.1) is 17.4 Å². The van der Waals surface area contributed by atoms with Gasteiger partial charge in [-0.05, 0) is 63.3 Å². The van der Waals surface area contributed by atoms with Gasteiger partial charge in [0, 0.05) is 42.5 Å². The minimum Gasteiger partial charge on any atom is -0.378 e. The number of carbonyl (C=O) groups is 1. The summed E-state index contributed by atoms with van der Waals surface area (Å²) in [5, 5.41) is 3.22. The first kappa shape index (κ1) is 20.5. The molecule has 0 saturated heterocycles. The standard InChI is InChI=1S/C24H30N4O2/c1-3-4-14-30-20-9-7-19(8-10-20)26-24(29)21-11-13-28-17(2)15-22(27-23(21)28)18-6-5-12-25-16-18/h5-6,11-13,15-16,19-20H,3-4,7-10,14H2,1-2H3,(H,26,29)/t19-,20-. The van der Waals surface area contributed by atoms with Crippen LogP contribution in [0.2, 0.25) is 0 Å². The van der Waals surface area contributed by atoms with Gasteiger partial charge < -0.3 is 14.5 Å². The summed E-state index contributed by atoms with van der Waals surface area (Å²) in [4.78, 5) is 22.0. The summed E-state index contributed by atoms with van der Waals surface area (Å²) in [6.07, 6.45) is 12.0. The van der Waals surface area contributed by atoms with Crippen molar-refractivity contribution in [3.63, 3.8) is 0 Å². The lowest BCUT2D eigenvalue weighted by Crippen LogP contribution is -2.39. The molecule has 1 amide bonds. The number of hydrogen-bond acceptors (Lipinski definition) is 4. The maximum absolute atomic E-state index is 13.0. The summed E-state index contributed by atoms with van der Waals surface area (Å²) in [5.41, 5.74) is 4.10. The third-order valence-corrected chi connectivity index (χ3v) is 5.87. The number of aromatic nitrogens is 3. The largest absolute Gasteiger partial charge is 0.378 e. The second-order valence-corrected chi connectivity index (χ2v) is 8.12. The molecule has 4 rings (SSSR count). The molecule has 3 aromatic rings. The molecule has 6 heteroatoms. The van der Waals surface area contributed by atoms with E-state index in [1.807, 2.05) is 41.8 Å². The van der Waals surface area contributed by atoms with E-state index in [1.165, 1.54) is 0 Å². The van der Waals surface area contributed by atoms with Gasteiger partial charge in [0.25, 0.3) is 5.91 Å². The van der Waals surface area contributed by atoms with Crippen LogP contribution in [0.4, 0.5) is 0 Å². The summed E-state index contributed by atoms with van der Waals surface area (Å²) in [5.74, 6) is -0.0527.